The predicted octanol–water partition coefficient (Wildman–Crippen LogP) is 1.67. The molecule has 4 aliphatic rings. The molecule has 11 N–H and O–H groups in total. The summed E-state index contributed by atoms with van der Waals surface area (Å²) in [6.45, 7) is 15.4. The van der Waals surface area contributed by atoms with E-state index in [1.807, 2.05) is 0 Å². The molecule has 3 saturated heterocycles. The van der Waals surface area contributed by atoms with Crippen LogP contribution in [0.1, 0.15) is 127 Å². The van der Waals surface area contributed by atoms with E-state index in [2.05, 4.69) is 21.3 Å². The number of alkyl carbamates (subject to hydrolysis) is 3. The summed E-state index contributed by atoms with van der Waals surface area (Å²) < 4.78 is 53.4. The van der Waals surface area contributed by atoms with Gasteiger partial charge in [-0.15, -0.1) is 0 Å². The van der Waals surface area contributed by atoms with Crippen molar-refractivity contribution in [2.24, 2.45) is 5.73 Å². The maximum absolute atomic E-state index is 13.5. The zero-order valence-electron chi connectivity index (χ0n) is 43.6. The number of rotatable bonds is 20. The minimum Gasteiger partial charge on any atom is -0.465 e. The zero-order valence-corrected chi connectivity index (χ0v) is 43.6. The van der Waals surface area contributed by atoms with Crippen molar-refractivity contribution in [2.45, 2.75) is 229 Å². The minimum atomic E-state index is -1.92. The molecule has 4 rings (SSSR count). The Labute approximate surface area is 422 Å². The Kier molecular flexibility index (Phi) is 22.4. The summed E-state index contributed by atoms with van der Waals surface area (Å²) >= 11 is 0. The monoisotopic (exact) mass is 1040 g/mol. The molecular formula is C47H84N6O19. The van der Waals surface area contributed by atoms with Crippen LogP contribution in [0.15, 0.2) is 0 Å². The number of nitrogens with two attached hydrogens (primary N) is 1. The topological polar surface area (TPSA) is 347 Å². The summed E-state index contributed by atoms with van der Waals surface area (Å²) in [5, 5.41) is 66.7. The summed E-state index contributed by atoms with van der Waals surface area (Å²) in [5.41, 5.74) is 0.931. The lowest BCUT2D eigenvalue weighted by Crippen LogP contribution is -2.70. The van der Waals surface area contributed by atoms with Gasteiger partial charge in [-0.05, 0) is 133 Å². The van der Waals surface area contributed by atoms with Gasteiger partial charge in [0.25, 0.3) is 0 Å². The molecule has 0 aromatic carbocycles. The van der Waals surface area contributed by atoms with Crippen LogP contribution in [0.5, 0.6) is 0 Å². The van der Waals surface area contributed by atoms with Crippen molar-refractivity contribution < 1.29 is 92.1 Å². The standard InChI is InChI=1S/C47H84N6O19/c1-44(2,3)70-41(59)51-27-18-17-26(24-49-40(58)72-46(7,8)19-14-22-65-31-16-11-12-21-64-31)67-38(27)68-35-29(52-42(60)71-45(4,5)6)23-28(50-37(57)30(54)15-13-20-48)34(32(35)55)69-39-33(56)36(53(10)43(61)62)47(9,63)25-66-39/h26-36,38-39,54-56,63H,11-25,48H2,1-10H3,(H,49,58)(H,50,57)(H,51,59)(H,52,60)(H,61,62)/t26-,27+,28+,29-,30-,31?,32-,33+,34-,35+,36+,38+,39+,47-/m0/s1. The van der Waals surface area contributed by atoms with Crippen LogP contribution in [0.2, 0.25) is 0 Å². The maximum atomic E-state index is 13.5. The van der Waals surface area contributed by atoms with E-state index in [1.165, 1.54) is 6.92 Å². The Morgan fingerprint density at radius 3 is 1.99 bits per heavy atom. The molecule has 416 valence electrons. The molecule has 72 heavy (non-hydrogen) atoms. The molecule has 25 nitrogen and oxygen atoms in total. The summed E-state index contributed by atoms with van der Waals surface area (Å²) in [7, 11) is 1.13. The smallest absolute Gasteiger partial charge is 0.408 e. The third kappa shape index (κ3) is 19.1. The number of aliphatic hydroxyl groups is 4. The minimum absolute atomic E-state index is 0.0281. The lowest BCUT2D eigenvalue weighted by atomic mass is 9.82. The van der Waals surface area contributed by atoms with E-state index in [1.54, 1.807) is 55.4 Å². The molecular weight excluding hydrogens is 953 g/mol. The first-order valence-electron chi connectivity index (χ1n) is 25.0. The second-order valence-electron chi connectivity index (χ2n) is 21.9. The van der Waals surface area contributed by atoms with Gasteiger partial charge in [0.15, 0.2) is 18.9 Å². The Morgan fingerprint density at radius 2 is 1.40 bits per heavy atom. The van der Waals surface area contributed by atoms with Crippen LogP contribution in [0.3, 0.4) is 0 Å². The van der Waals surface area contributed by atoms with Gasteiger partial charge in [0.05, 0.1) is 36.9 Å². The molecule has 0 bridgehead atoms. The van der Waals surface area contributed by atoms with E-state index in [0.717, 1.165) is 26.3 Å². The zero-order chi connectivity index (χ0) is 53.8. The van der Waals surface area contributed by atoms with E-state index in [-0.39, 0.29) is 51.5 Å². The molecule has 0 aromatic heterocycles. The van der Waals surface area contributed by atoms with Crippen molar-refractivity contribution in [1.82, 2.24) is 26.2 Å². The van der Waals surface area contributed by atoms with Crippen molar-refractivity contribution in [3.63, 3.8) is 0 Å². The maximum Gasteiger partial charge on any atom is 0.408 e. The van der Waals surface area contributed by atoms with Crippen molar-refractivity contribution >= 4 is 30.3 Å². The number of amides is 5. The average molecular weight is 1040 g/mol. The summed E-state index contributed by atoms with van der Waals surface area (Å²) in [6.07, 6.45) is -12.3. The SMILES string of the molecule is CN(C(=O)O)[C@@H]1[C@@H](O)[C@@H](O[C@@H]2[C@H](O)[C@H](O[C@H]3O[C@H](CNC(=O)OC(C)(C)CCCOC4CCCCO4)CC[C@H]3NC(=O)OC(C)(C)C)[C@@H](NC(=O)OC(C)(C)C)C[C@H]2NC(=O)[C@@H](O)CCCN)OC[C@]1(C)O. The van der Waals surface area contributed by atoms with E-state index in [4.69, 9.17) is 48.4 Å². The second kappa shape index (κ2) is 26.5. The Bertz CT molecular complexity index is 1760. The first-order valence-corrected chi connectivity index (χ1v) is 25.0. The van der Waals surface area contributed by atoms with Gasteiger partial charge < -0.3 is 100 Å². The van der Waals surface area contributed by atoms with Crippen LogP contribution in [0.4, 0.5) is 19.2 Å². The first kappa shape index (κ1) is 60.7. The van der Waals surface area contributed by atoms with Gasteiger partial charge in [0.2, 0.25) is 5.91 Å². The van der Waals surface area contributed by atoms with Crippen molar-refractivity contribution in [1.29, 1.82) is 0 Å². The van der Waals surface area contributed by atoms with Crippen LogP contribution in [0.25, 0.3) is 0 Å². The first-order chi connectivity index (χ1) is 33.5. The number of nitrogens with one attached hydrogen (secondary N) is 4. The quantitative estimate of drug-likeness (QED) is 0.0612. The molecule has 3 aliphatic heterocycles. The fourth-order valence-corrected chi connectivity index (χ4v) is 8.98. The van der Waals surface area contributed by atoms with Gasteiger partial charge in [0, 0.05) is 26.8 Å². The lowest BCUT2D eigenvalue weighted by Gasteiger charge is -2.50. The Morgan fingerprint density at radius 1 is 0.792 bits per heavy atom. The molecule has 1 unspecified atom stereocenters. The molecule has 0 spiro atoms. The highest BCUT2D eigenvalue weighted by molar-refractivity contribution is 5.81. The molecule has 0 aromatic rings. The van der Waals surface area contributed by atoms with Gasteiger partial charge in [-0.25, -0.2) is 19.2 Å². The van der Waals surface area contributed by atoms with Gasteiger partial charge in [-0.1, -0.05) is 0 Å². The molecule has 1 aliphatic carbocycles. The number of carboxylic acid groups (broad SMARTS) is 1. The number of carbonyl (C=O) groups is 5. The van der Waals surface area contributed by atoms with E-state index in [0.29, 0.717) is 31.0 Å². The van der Waals surface area contributed by atoms with Crippen LogP contribution in [0, 0.1) is 0 Å². The lowest BCUT2D eigenvalue weighted by molar-refractivity contribution is -0.314. The van der Waals surface area contributed by atoms with Gasteiger partial charge in [0.1, 0.15) is 52.9 Å². The molecule has 0 radical (unpaired) electrons. The second-order valence-corrected chi connectivity index (χ2v) is 21.9. The fraction of sp³-hybridized carbons (Fsp3) is 0.894. The highest BCUT2D eigenvalue weighted by Crippen LogP contribution is 2.35. The Hall–Kier alpha value is -3.89. The van der Waals surface area contributed by atoms with E-state index in [9.17, 15) is 49.5 Å². The molecule has 1 saturated carbocycles. The number of nitrogens with zero attached hydrogens (tertiary/aromatic N) is 1. The van der Waals surface area contributed by atoms with Crippen LogP contribution >= 0.6 is 0 Å². The molecule has 4 fully saturated rings. The average Bonchev–Trinajstić information content (AvgIpc) is 3.26. The molecule has 25 heteroatoms. The number of likely N-dealkylation sites (N-methyl/N-ethyl adjacent to an activating group) is 1. The third-order valence-corrected chi connectivity index (χ3v) is 12.4. The number of hydrogen-bond acceptors (Lipinski definition) is 19. The van der Waals surface area contributed by atoms with Crippen LogP contribution in [-0.2, 0) is 47.4 Å². The number of carbonyl (C=O) groups excluding carboxylic acids is 4. The summed E-state index contributed by atoms with van der Waals surface area (Å²) in [4.78, 5) is 66.3. The molecule has 14 atom stereocenters. The van der Waals surface area contributed by atoms with Crippen LogP contribution < -0.4 is 27.0 Å². The molecule has 3 heterocycles. The third-order valence-electron chi connectivity index (χ3n) is 12.4. The Balaban J connectivity index is 1.64. The van der Waals surface area contributed by atoms with Gasteiger partial charge >= 0.3 is 24.4 Å². The van der Waals surface area contributed by atoms with E-state index < -0.39 is 133 Å². The summed E-state index contributed by atoms with van der Waals surface area (Å²) in [5.74, 6) is -0.894. The van der Waals surface area contributed by atoms with E-state index >= 15 is 0 Å². The predicted molar refractivity (Wildman–Crippen MR) is 254 cm³/mol. The number of aliphatic hydroxyl groups excluding tert-OH is 3. The normalized spacial score (nSPS) is 31.8. The highest BCUT2D eigenvalue weighted by Gasteiger charge is 2.55. The van der Waals surface area contributed by atoms with Crippen molar-refractivity contribution in [3.8, 4) is 0 Å². The number of hydrogen-bond donors (Lipinski definition) is 10. The van der Waals surface area contributed by atoms with Crippen molar-refractivity contribution in [2.75, 3.05) is 40.0 Å². The largest absolute Gasteiger partial charge is 0.465 e. The fourth-order valence-electron chi connectivity index (χ4n) is 8.98. The summed E-state index contributed by atoms with van der Waals surface area (Å²) in [6, 6.07) is -5.04. The molecule has 5 amide bonds. The van der Waals surface area contributed by atoms with Gasteiger partial charge in [-0.3, -0.25) is 4.79 Å². The highest BCUT2D eigenvalue weighted by atomic mass is 16.7. The number of ether oxygens (including phenoxy) is 9. The van der Waals surface area contributed by atoms with Crippen molar-refractivity contribution in [3.05, 3.63) is 0 Å². The van der Waals surface area contributed by atoms with Gasteiger partial charge in [-0.2, -0.15) is 0 Å². The van der Waals surface area contributed by atoms with Crippen LogP contribution in [-0.4, -0.2) is 203 Å².